The molecular formula is C29H37N3O6. The summed E-state index contributed by atoms with van der Waals surface area (Å²) < 4.78 is 10.1. The molecule has 2 atom stereocenters. The number of nitrogens with zero attached hydrogens (tertiary/aromatic N) is 1. The maximum absolute atomic E-state index is 14.2. The molecule has 2 N–H and O–H groups in total. The lowest BCUT2D eigenvalue weighted by molar-refractivity contribution is -0.142. The van der Waals surface area contributed by atoms with Crippen molar-refractivity contribution in [1.29, 1.82) is 0 Å². The van der Waals surface area contributed by atoms with E-state index in [-0.39, 0.29) is 24.8 Å². The highest BCUT2D eigenvalue weighted by Crippen LogP contribution is 2.31. The third-order valence-corrected chi connectivity index (χ3v) is 6.28. The van der Waals surface area contributed by atoms with Crippen LogP contribution in [-0.4, -0.2) is 66.7 Å². The molecule has 9 heteroatoms. The first kappa shape index (κ1) is 28.7. The number of likely N-dealkylation sites (tertiary alicyclic amines) is 1. The van der Waals surface area contributed by atoms with Gasteiger partial charge in [-0.05, 0) is 44.7 Å². The first-order chi connectivity index (χ1) is 18.1. The molecule has 2 aromatic rings. The van der Waals surface area contributed by atoms with Crippen LogP contribution in [0.15, 0.2) is 60.7 Å². The van der Waals surface area contributed by atoms with Crippen molar-refractivity contribution in [2.45, 2.75) is 63.6 Å². The highest BCUT2D eigenvalue weighted by atomic mass is 16.6. The van der Waals surface area contributed by atoms with Gasteiger partial charge in [-0.1, -0.05) is 60.7 Å². The zero-order chi connectivity index (χ0) is 27.7. The van der Waals surface area contributed by atoms with E-state index < -0.39 is 35.7 Å². The number of carbonyl (C=O) groups excluding carboxylic acids is 4. The van der Waals surface area contributed by atoms with Gasteiger partial charge in [-0.2, -0.15) is 0 Å². The molecule has 3 amide bonds. The van der Waals surface area contributed by atoms with Gasteiger partial charge in [0.15, 0.2) is 0 Å². The Balaban J connectivity index is 1.94. The average molecular weight is 524 g/mol. The number of rotatable bonds is 9. The van der Waals surface area contributed by atoms with Crippen molar-refractivity contribution in [2.24, 2.45) is 0 Å². The number of benzene rings is 2. The van der Waals surface area contributed by atoms with Crippen LogP contribution in [0.5, 0.6) is 0 Å². The quantitative estimate of drug-likeness (QED) is 0.487. The van der Waals surface area contributed by atoms with Crippen molar-refractivity contribution in [1.82, 2.24) is 15.5 Å². The fourth-order valence-corrected chi connectivity index (χ4v) is 4.61. The molecule has 3 rings (SSSR count). The van der Waals surface area contributed by atoms with Crippen LogP contribution in [0.3, 0.4) is 0 Å². The van der Waals surface area contributed by atoms with E-state index >= 15 is 0 Å². The van der Waals surface area contributed by atoms with Gasteiger partial charge in [0.1, 0.15) is 17.7 Å². The molecule has 0 unspecified atom stereocenters. The van der Waals surface area contributed by atoms with E-state index in [9.17, 15) is 19.2 Å². The first-order valence-electron chi connectivity index (χ1n) is 12.8. The molecule has 0 saturated carbocycles. The Morgan fingerprint density at radius 3 is 2.08 bits per heavy atom. The minimum Gasteiger partial charge on any atom is -0.469 e. The van der Waals surface area contributed by atoms with E-state index in [0.717, 1.165) is 11.1 Å². The topological polar surface area (TPSA) is 114 Å². The monoisotopic (exact) mass is 523 g/mol. The maximum Gasteiger partial charge on any atom is 0.408 e. The Bertz CT molecular complexity index is 1060. The summed E-state index contributed by atoms with van der Waals surface area (Å²) in [7, 11) is 1.29. The summed E-state index contributed by atoms with van der Waals surface area (Å²) in [5.74, 6) is -1.67. The number of ether oxygens (including phenoxy) is 2. The molecule has 0 bridgehead atoms. The Hall–Kier alpha value is -3.88. The van der Waals surface area contributed by atoms with Gasteiger partial charge in [0.2, 0.25) is 11.8 Å². The van der Waals surface area contributed by atoms with Crippen molar-refractivity contribution in [3.63, 3.8) is 0 Å². The molecular weight excluding hydrogens is 486 g/mol. The molecule has 1 saturated heterocycles. The van der Waals surface area contributed by atoms with Gasteiger partial charge in [-0.3, -0.25) is 14.4 Å². The largest absolute Gasteiger partial charge is 0.469 e. The van der Waals surface area contributed by atoms with E-state index in [0.29, 0.717) is 19.4 Å². The van der Waals surface area contributed by atoms with Crippen LogP contribution in [0.25, 0.3) is 0 Å². The van der Waals surface area contributed by atoms with Gasteiger partial charge < -0.3 is 25.0 Å². The van der Waals surface area contributed by atoms with Gasteiger partial charge in [0.05, 0.1) is 13.5 Å². The Morgan fingerprint density at radius 1 is 0.974 bits per heavy atom. The number of esters is 1. The van der Waals surface area contributed by atoms with Crippen molar-refractivity contribution in [3.05, 3.63) is 71.8 Å². The van der Waals surface area contributed by atoms with E-state index in [1.807, 2.05) is 60.7 Å². The molecule has 1 heterocycles. The molecule has 1 fully saturated rings. The fraction of sp³-hybridized carbons (Fsp3) is 0.448. The van der Waals surface area contributed by atoms with E-state index in [2.05, 4.69) is 15.4 Å². The Kier molecular flexibility index (Phi) is 9.87. The molecule has 204 valence electrons. The molecule has 38 heavy (non-hydrogen) atoms. The highest BCUT2D eigenvalue weighted by molar-refractivity contribution is 5.93. The number of hydrogen-bond acceptors (Lipinski definition) is 6. The predicted molar refractivity (Wildman–Crippen MR) is 142 cm³/mol. The summed E-state index contributed by atoms with van der Waals surface area (Å²) >= 11 is 0. The molecule has 0 aliphatic carbocycles. The van der Waals surface area contributed by atoms with Gasteiger partial charge in [-0.25, -0.2) is 4.79 Å². The van der Waals surface area contributed by atoms with Gasteiger partial charge in [0.25, 0.3) is 0 Å². The van der Waals surface area contributed by atoms with Crippen molar-refractivity contribution < 1.29 is 28.7 Å². The molecule has 9 nitrogen and oxygen atoms in total. The second-order valence-electron chi connectivity index (χ2n) is 10.2. The Labute approximate surface area is 223 Å². The number of nitrogens with one attached hydrogen (secondary N) is 2. The highest BCUT2D eigenvalue weighted by Gasteiger charge is 2.42. The summed E-state index contributed by atoms with van der Waals surface area (Å²) in [5, 5.41) is 5.56. The normalized spacial score (nSPS) is 16.0. The lowest BCUT2D eigenvalue weighted by Gasteiger charge is -2.34. The van der Waals surface area contributed by atoms with E-state index in [1.165, 1.54) is 12.0 Å². The first-order valence-corrected chi connectivity index (χ1v) is 12.8. The van der Waals surface area contributed by atoms with Crippen LogP contribution in [-0.2, 0) is 23.9 Å². The minimum atomic E-state index is -1.03. The molecule has 1 aliphatic rings. The third kappa shape index (κ3) is 7.81. The zero-order valence-electron chi connectivity index (χ0n) is 22.4. The second kappa shape index (κ2) is 13.1. The number of hydrogen-bond donors (Lipinski definition) is 2. The summed E-state index contributed by atoms with van der Waals surface area (Å²) in [6.07, 6.45) is 0.443. The number of carbonyl (C=O) groups is 4. The van der Waals surface area contributed by atoms with Crippen LogP contribution in [0.4, 0.5) is 4.79 Å². The second-order valence-corrected chi connectivity index (χ2v) is 10.2. The predicted octanol–water partition coefficient (Wildman–Crippen LogP) is 3.38. The molecule has 1 aliphatic heterocycles. The number of methoxy groups -OCH3 is 1. The number of amides is 3. The molecule has 2 aromatic carbocycles. The molecule has 0 radical (unpaired) electrons. The SMILES string of the molecule is COC(=O)CCNC(=O)[C@@H]1CCCN1C(=O)[C@H](NC(=O)OC(C)(C)C)C(c1ccccc1)c1ccccc1. The van der Waals surface area contributed by atoms with Crippen LogP contribution in [0.1, 0.15) is 57.1 Å². The van der Waals surface area contributed by atoms with Crippen LogP contribution in [0, 0.1) is 0 Å². The van der Waals surface area contributed by atoms with Crippen LogP contribution < -0.4 is 10.6 Å². The third-order valence-electron chi connectivity index (χ3n) is 6.28. The van der Waals surface area contributed by atoms with Crippen molar-refractivity contribution >= 4 is 23.9 Å². The van der Waals surface area contributed by atoms with Crippen molar-refractivity contribution in [2.75, 3.05) is 20.2 Å². The van der Waals surface area contributed by atoms with Gasteiger partial charge in [0, 0.05) is 19.0 Å². The molecule has 0 aromatic heterocycles. The summed E-state index contributed by atoms with van der Waals surface area (Å²) in [6.45, 7) is 5.75. The summed E-state index contributed by atoms with van der Waals surface area (Å²) in [5.41, 5.74) is 0.917. The minimum absolute atomic E-state index is 0.0375. The van der Waals surface area contributed by atoms with E-state index in [1.54, 1.807) is 20.8 Å². The maximum atomic E-state index is 14.2. The van der Waals surface area contributed by atoms with Gasteiger partial charge >= 0.3 is 12.1 Å². The fourth-order valence-electron chi connectivity index (χ4n) is 4.61. The molecule has 0 spiro atoms. The summed E-state index contributed by atoms with van der Waals surface area (Å²) in [6, 6.07) is 17.2. The van der Waals surface area contributed by atoms with Crippen LogP contribution in [0.2, 0.25) is 0 Å². The van der Waals surface area contributed by atoms with Crippen molar-refractivity contribution in [3.8, 4) is 0 Å². The lowest BCUT2D eigenvalue weighted by Crippen LogP contribution is -2.56. The zero-order valence-corrected chi connectivity index (χ0v) is 22.4. The Morgan fingerprint density at radius 2 is 1.55 bits per heavy atom. The standard InChI is InChI=1S/C29H37N3O6/c1-29(2,3)38-28(36)31-25(24(20-12-7-5-8-13-20)21-14-9-6-10-15-21)27(35)32-19-11-16-22(32)26(34)30-18-17-23(33)37-4/h5-10,12-15,22,24-25H,11,16-19H2,1-4H3,(H,30,34)(H,31,36)/t22-,25+/m0/s1. The smallest absolute Gasteiger partial charge is 0.408 e. The van der Waals surface area contributed by atoms with E-state index in [4.69, 9.17) is 4.74 Å². The lowest BCUT2D eigenvalue weighted by atomic mass is 9.84. The van der Waals surface area contributed by atoms with Gasteiger partial charge in [-0.15, -0.1) is 0 Å². The summed E-state index contributed by atoms with van der Waals surface area (Å²) in [4.78, 5) is 53.1. The van der Waals surface area contributed by atoms with Crippen LogP contribution >= 0.6 is 0 Å². The average Bonchev–Trinajstić information content (AvgIpc) is 3.38. The number of alkyl carbamates (subject to hydrolysis) is 1.